The molecule has 125 heavy (non-hydrogen) atoms. The number of imide groups is 3. The van der Waals surface area contributed by atoms with Crippen LogP contribution in [0.5, 0.6) is 0 Å². The number of rotatable bonds is 21. The molecule has 3 aliphatic carbocycles. The van der Waals surface area contributed by atoms with Crippen molar-refractivity contribution in [3.63, 3.8) is 0 Å². The third-order valence-electron chi connectivity index (χ3n) is 27.2. The summed E-state index contributed by atoms with van der Waals surface area (Å²) in [7, 11) is 1.84. The number of fused-ring (bicyclic) bond motifs is 4. The molecule has 658 valence electrons. The first kappa shape index (κ1) is 85.6. The van der Waals surface area contributed by atoms with Crippen LogP contribution in [0.4, 0.5) is 43.4 Å². The minimum Gasteiger partial charge on any atom is -0.386 e. The van der Waals surface area contributed by atoms with Crippen LogP contribution >= 0.6 is 0 Å². The van der Waals surface area contributed by atoms with Gasteiger partial charge in [0.15, 0.2) is 0 Å². The summed E-state index contributed by atoms with van der Waals surface area (Å²) in [6.07, 6.45) is 5.44. The number of aromatic nitrogens is 8. The smallest absolute Gasteiger partial charge is 0.386 e. The van der Waals surface area contributed by atoms with E-state index in [1.165, 1.54) is 35.1 Å². The highest BCUT2D eigenvalue weighted by atomic mass is 19.4. The Kier molecular flexibility index (Phi) is 22.7. The van der Waals surface area contributed by atoms with Crippen LogP contribution in [0.25, 0.3) is 32.8 Å². The van der Waals surface area contributed by atoms with Crippen molar-refractivity contribution in [1.82, 2.24) is 68.9 Å². The summed E-state index contributed by atoms with van der Waals surface area (Å²) in [6.45, 7) is 10.7. The fourth-order valence-electron chi connectivity index (χ4n) is 20.5. The van der Waals surface area contributed by atoms with Gasteiger partial charge < -0.3 is 36.0 Å². The van der Waals surface area contributed by atoms with E-state index < -0.39 is 111 Å². The van der Waals surface area contributed by atoms with Crippen LogP contribution in [0.1, 0.15) is 237 Å². The average Bonchev–Trinajstić information content (AvgIpc) is 1.62. The molecule has 1 spiro atoms. The number of para-hydroxylation sites is 1. The normalized spacial score (nSPS) is 22.1. The van der Waals surface area contributed by atoms with E-state index in [9.17, 15) is 70.1 Å². The molecule has 8 aliphatic rings. The molecule has 17 rings (SSSR count). The predicted molar refractivity (Wildman–Crippen MR) is 447 cm³/mol. The van der Waals surface area contributed by atoms with Gasteiger partial charge in [0.05, 0.1) is 63.0 Å². The first-order valence-electron chi connectivity index (χ1n) is 43.0. The van der Waals surface area contributed by atoms with Gasteiger partial charge in [-0.1, -0.05) is 30.3 Å². The zero-order chi connectivity index (χ0) is 88.3. The average molecular weight is 1720 g/mol. The Balaban J connectivity index is 0.536. The Morgan fingerprint density at radius 2 is 1.08 bits per heavy atom. The summed E-state index contributed by atoms with van der Waals surface area (Å²) < 4.78 is 87.7. The summed E-state index contributed by atoms with van der Waals surface area (Å²) in [4.78, 5) is 154. The number of hydrogen-bond donors (Lipinski definition) is 7. The zero-order valence-corrected chi connectivity index (χ0v) is 69.9. The minimum atomic E-state index is -4.77. The number of nitrogens with zero attached hydrogens (tertiary/aromatic N) is 12. The van der Waals surface area contributed by atoms with Crippen LogP contribution in [0.3, 0.4) is 0 Å². The SMILES string of the molecule is CN(C(=O)[C@H]1CC[C@H](n2cc3cc(NC(=O)c4cccc(C(F)(F)F)n4)c(C(C)(C)O)cc3n2)CC1)C1CCN(Cc2cccc3c2n(Cc2ccc(NCC4CC5(CCN(C[C@H]6CC[C@H](n7cc8cc(NC(=O)c9cccc(C(F)(F)F)n9)c(C(C)(C)O)cc8n7)CC6)CC5)C4)c4c2C(=O)N(C2CCC(=O)NC2=O)C4=O)c(=O)n3C2CCC(=O)NC2=O)CC1. The van der Waals surface area contributed by atoms with E-state index in [4.69, 9.17) is 10.2 Å². The number of carbonyl (C=O) groups excluding carboxylic acids is 9. The van der Waals surface area contributed by atoms with Crippen molar-refractivity contribution >= 4 is 103 Å². The maximum Gasteiger partial charge on any atom is 0.433 e. The third-order valence-corrected chi connectivity index (χ3v) is 27.2. The molecule has 9 aromatic rings. The van der Waals surface area contributed by atoms with Crippen molar-refractivity contribution in [3.8, 4) is 0 Å². The van der Waals surface area contributed by atoms with Crippen LogP contribution in [-0.2, 0) is 60.6 Å². The monoisotopic (exact) mass is 1720 g/mol. The number of hydrogen-bond acceptors (Lipinski definition) is 19. The van der Waals surface area contributed by atoms with Crippen LogP contribution < -0.4 is 32.3 Å². The molecule has 7 fully saturated rings. The van der Waals surface area contributed by atoms with Crippen molar-refractivity contribution in [2.75, 3.05) is 62.3 Å². The predicted octanol–water partition coefficient (Wildman–Crippen LogP) is 11.9. The van der Waals surface area contributed by atoms with Crippen LogP contribution in [0, 0.1) is 23.2 Å². The lowest BCUT2D eigenvalue weighted by molar-refractivity contribution is -0.142. The van der Waals surface area contributed by atoms with E-state index >= 15 is 14.4 Å². The van der Waals surface area contributed by atoms with Crippen molar-refractivity contribution in [2.45, 2.75) is 210 Å². The number of imidazole rings is 1. The van der Waals surface area contributed by atoms with Gasteiger partial charge in [-0.15, -0.1) is 0 Å². The Bertz CT molecular complexity index is 5900. The van der Waals surface area contributed by atoms with Crippen LogP contribution in [-0.4, -0.2) is 180 Å². The number of likely N-dealkylation sites (tertiary alicyclic amines) is 2. The molecule has 7 N–H and O–H groups in total. The summed E-state index contributed by atoms with van der Waals surface area (Å²) in [5, 5.41) is 47.0. The number of carbonyl (C=O) groups is 9. The van der Waals surface area contributed by atoms with E-state index in [1.54, 1.807) is 62.4 Å². The van der Waals surface area contributed by atoms with Crippen LogP contribution in [0.2, 0.25) is 0 Å². The molecule has 5 aliphatic heterocycles. The number of anilines is 3. The van der Waals surface area contributed by atoms with Gasteiger partial charge >= 0.3 is 18.0 Å². The Morgan fingerprint density at radius 3 is 1.61 bits per heavy atom. The Labute approximate surface area is 714 Å². The summed E-state index contributed by atoms with van der Waals surface area (Å²) in [5.74, 6) is -5.17. The molecule has 10 heterocycles. The van der Waals surface area contributed by atoms with Crippen molar-refractivity contribution in [3.05, 3.63) is 170 Å². The van der Waals surface area contributed by atoms with E-state index in [1.807, 2.05) is 39.8 Å². The van der Waals surface area contributed by atoms with E-state index in [-0.39, 0.29) is 96.0 Å². The standard InChI is InChI=1S/C90H99F6N17O12/c1-86(2,124)59-39-64-54(37-66(59)100-78(116)62-10-7-13-71(98-62)89(91,92)93)47-110(104-64)57-20-15-49(16-21-57)44-108-35-31-88(32-36-108)41-50(42-88)43-97-61-24-19-52(75-76(61)84(122)113(83(75)121)70-26-28-74(115)103-81(70)119)46-109-77-53(9-6-12-68(77)112(85(109)123)69-25-27-73(114)102-80(69)118)45-107-33-29-56(30-34-107)106(5)82(120)51-17-22-58(23-18-51)111-48-55-38-67(60(87(3,4)125)40-65(55)105-111)101-79(117)63-11-8-14-72(99-63)90(94,95)96/h6-14,19,24,37-40,47-51,56-58,69-70,97,124-125H,15-18,20-23,25-36,41-46H2,1-5H3,(H,100,116)(H,101,117)(H,102,114,118)(H,103,115,119)/t49-,51-,57-,58-,69?,70?. The molecular weight excluding hydrogens is 1630 g/mol. The maximum absolute atomic E-state index is 15.4. The highest BCUT2D eigenvalue weighted by Gasteiger charge is 2.50. The summed E-state index contributed by atoms with van der Waals surface area (Å²) in [6, 6.07) is 19.2. The first-order chi connectivity index (χ1) is 59.4. The molecule has 4 aromatic carbocycles. The molecule has 2 unspecified atom stereocenters. The quantitative estimate of drug-likeness (QED) is 0.0259. The van der Waals surface area contributed by atoms with Gasteiger partial charge in [0.2, 0.25) is 29.5 Å². The first-order valence-corrected chi connectivity index (χ1v) is 43.0. The molecule has 4 saturated heterocycles. The molecule has 9 amide bonds. The van der Waals surface area contributed by atoms with Gasteiger partial charge in [0, 0.05) is 116 Å². The lowest BCUT2D eigenvalue weighted by Crippen LogP contribution is -2.54. The highest BCUT2D eigenvalue weighted by Crippen LogP contribution is 2.53. The number of alkyl halides is 6. The number of nitrogens with one attached hydrogen (secondary N) is 5. The van der Waals surface area contributed by atoms with E-state index in [2.05, 4.69) is 46.4 Å². The van der Waals surface area contributed by atoms with Crippen molar-refractivity contribution < 1.29 is 79.7 Å². The highest BCUT2D eigenvalue weighted by molar-refractivity contribution is 6.26. The molecule has 2 atom stereocenters. The van der Waals surface area contributed by atoms with E-state index in [0.717, 1.165) is 106 Å². The van der Waals surface area contributed by atoms with Gasteiger partial charge in [0.25, 0.3) is 23.6 Å². The van der Waals surface area contributed by atoms with Gasteiger partial charge in [0.1, 0.15) is 34.9 Å². The topological polar surface area (TPSA) is 356 Å². The second kappa shape index (κ2) is 33.1. The largest absolute Gasteiger partial charge is 0.433 e. The van der Waals surface area contributed by atoms with Gasteiger partial charge in [-0.2, -0.15) is 36.5 Å². The number of aliphatic hydroxyl groups is 2. The number of piperidine rings is 4. The lowest BCUT2D eigenvalue weighted by atomic mass is 9.57. The number of halogens is 6. The Hall–Kier alpha value is -11.6. The molecule has 29 nitrogen and oxygen atoms in total. The molecule has 3 saturated carbocycles. The lowest BCUT2D eigenvalue weighted by Gasteiger charge is -2.53. The molecular formula is C90H99F6N17O12. The molecule has 0 bridgehead atoms. The summed E-state index contributed by atoms with van der Waals surface area (Å²) in [5.41, 5.74) is -2.17. The maximum atomic E-state index is 15.4. The molecule has 35 heteroatoms. The Morgan fingerprint density at radius 1 is 0.560 bits per heavy atom. The van der Waals surface area contributed by atoms with Gasteiger partial charge in [-0.05, 0) is 233 Å². The third kappa shape index (κ3) is 17.2. The van der Waals surface area contributed by atoms with Gasteiger partial charge in [-0.25, -0.2) is 14.8 Å². The summed E-state index contributed by atoms with van der Waals surface area (Å²) >= 11 is 0. The van der Waals surface area contributed by atoms with Crippen molar-refractivity contribution in [1.29, 1.82) is 0 Å². The minimum absolute atomic E-state index is 0.00267. The fraction of sp³-hybridized carbons (Fsp3) is 0.489. The second-order valence-corrected chi connectivity index (χ2v) is 36.5. The van der Waals surface area contributed by atoms with Crippen molar-refractivity contribution in [2.24, 2.45) is 23.2 Å². The second-order valence-electron chi connectivity index (χ2n) is 36.5. The number of pyridine rings is 2. The van der Waals surface area contributed by atoms with Crippen LogP contribution in [0.15, 0.2) is 108 Å². The number of benzene rings is 4. The fourth-order valence-corrected chi connectivity index (χ4v) is 20.5. The number of amides is 9. The zero-order valence-electron chi connectivity index (χ0n) is 69.9. The molecule has 5 aromatic heterocycles. The molecule has 0 radical (unpaired) electrons. The van der Waals surface area contributed by atoms with E-state index in [0.29, 0.717) is 126 Å². The van der Waals surface area contributed by atoms with Gasteiger partial charge in [-0.3, -0.25) is 82.1 Å².